The van der Waals surface area contributed by atoms with Crippen molar-refractivity contribution in [2.75, 3.05) is 0 Å². The van der Waals surface area contributed by atoms with Crippen LogP contribution < -0.4 is 10.6 Å². The second-order valence-electron chi connectivity index (χ2n) is 24.0. The fourth-order valence-corrected chi connectivity index (χ4v) is 12.3. The van der Waals surface area contributed by atoms with Crippen LogP contribution in [0.25, 0.3) is 0 Å². The van der Waals surface area contributed by atoms with E-state index in [2.05, 4.69) is 38.3 Å². The zero-order valence-electron chi connectivity index (χ0n) is 39.0. The number of nitrogens with zero attached hydrogens (tertiary/aromatic N) is 2. The number of carbonyl (C=O) groups is 4. The molecule has 0 aromatic heterocycles. The molecule has 1 saturated carbocycles. The molecule has 1 aliphatic carbocycles. The molecule has 4 heterocycles. The van der Waals surface area contributed by atoms with Crippen molar-refractivity contribution in [3.05, 3.63) is 0 Å². The largest absolute Gasteiger partial charge is 0.462 e. The van der Waals surface area contributed by atoms with Crippen molar-refractivity contribution in [1.29, 1.82) is 0 Å². The van der Waals surface area contributed by atoms with E-state index in [1.54, 1.807) is 0 Å². The summed E-state index contributed by atoms with van der Waals surface area (Å²) in [6.45, 7) is 31.3. The lowest BCUT2D eigenvalue weighted by atomic mass is 9.79. The molecule has 4 atom stereocenters. The minimum absolute atomic E-state index is 0.171. The zero-order valence-corrected chi connectivity index (χ0v) is 39.0. The Labute approximate surface area is 353 Å². The lowest BCUT2D eigenvalue weighted by Gasteiger charge is -2.51. The lowest BCUT2D eigenvalue weighted by molar-refractivity contribution is -0.260. The second kappa shape index (κ2) is 15.8. The Morgan fingerprint density at radius 2 is 0.627 bits per heavy atom. The molecule has 5 rings (SSSR count). The smallest absolute Gasteiger partial charge is 0.310 e. The van der Waals surface area contributed by atoms with Crippen LogP contribution in [0.15, 0.2) is 0 Å². The molecule has 4 saturated heterocycles. The third-order valence-corrected chi connectivity index (χ3v) is 13.6. The highest BCUT2D eigenvalue weighted by Crippen LogP contribution is 2.48. The SMILES string of the molecule is CC1(C)CC(OC(=O)C2CC(C(=O)OC3CC(C)(C)N(O)C(C)(C)C3)C(C(=O)OC3CC(C)(C)NC(C)(C)C3)C2C(=O)OC2CC(C)(C)N(O)C(C)(C)C2)CC(C)(C)N1. The quantitative estimate of drug-likeness (QED) is 0.155. The summed E-state index contributed by atoms with van der Waals surface area (Å²) >= 11 is 0. The molecule has 14 heteroatoms. The van der Waals surface area contributed by atoms with E-state index in [0.29, 0.717) is 51.4 Å². The first-order chi connectivity index (χ1) is 26.5. The van der Waals surface area contributed by atoms with Gasteiger partial charge in [0.25, 0.3) is 0 Å². The van der Waals surface area contributed by atoms with Gasteiger partial charge >= 0.3 is 23.9 Å². The van der Waals surface area contributed by atoms with E-state index >= 15 is 0 Å². The Hall–Kier alpha value is -2.36. The van der Waals surface area contributed by atoms with E-state index in [4.69, 9.17) is 18.9 Å². The van der Waals surface area contributed by atoms with Gasteiger partial charge in [-0.3, -0.25) is 19.2 Å². The van der Waals surface area contributed by atoms with Gasteiger partial charge in [-0.25, -0.2) is 0 Å². The summed E-state index contributed by atoms with van der Waals surface area (Å²) in [6.07, 6.45) is 0.868. The van der Waals surface area contributed by atoms with E-state index in [9.17, 15) is 29.6 Å². The summed E-state index contributed by atoms with van der Waals surface area (Å²) in [4.78, 5) is 59.1. The Morgan fingerprint density at radius 3 is 0.881 bits per heavy atom. The maximum atomic E-state index is 14.9. The van der Waals surface area contributed by atoms with Gasteiger partial charge in [0, 0.05) is 95.7 Å². The molecule has 0 radical (unpaired) electrons. The number of hydroxylamine groups is 4. The topological polar surface area (TPSA) is 176 Å². The first kappa shape index (κ1) is 47.7. The summed E-state index contributed by atoms with van der Waals surface area (Å²) in [5.74, 6) is -8.10. The monoisotopic (exact) mass is 835 g/mol. The number of hydrogen-bond donors (Lipinski definition) is 4. The van der Waals surface area contributed by atoms with Crippen LogP contribution in [0.4, 0.5) is 0 Å². The van der Waals surface area contributed by atoms with Gasteiger partial charge in [-0.1, -0.05) is 0 Å². The number of piperidine rings is 4. The second-order valence-corrected chi connectivity index (χ2v) is 24.0. The number of esters is 4. The van der Waals surface area contributed by atoms with E-state index in [0.717, 1.165) is 0 Å². The van der Waals surface area contributed by atoms with Crippen molar-refractivity contribution in [2.24, 2.45) is 23.7 Å². The summed E-state index contributed by atoms with van der Waals surface area (Å²) in [5, 5.41) is 31.8. The van der Waals surface area contributed by atoms with Crippen LogP contribution in [0, 0.1) is 23.7 Å². The van der Waals surface area contributed by atoms with Gasteiger partial charge in [-0.15, -0.1) is 0 Å². The van der Waals surface area contributed by atoms with Gasteiger partial charge in [0.1, 0.15) is 24.4 Å². The van der Waals surface area contributed by atoms with Crippen molar-refractivity contribution in [2.45, 2.75) is 237 Å². The van der Waals surface area contributed by atoms with Crippen molar-refractivity contribution < 1.29 is 48.5 Å². The van der Waals surface area contributed by atoms with E-state index in [1.807, 2.05) is 83.1 Å². The fraction of sp³-hybridized carbons (Fsp3) is 0.911. The third-order valence-electron chi connectivity index (χ3n) is 13.6. The molecule has 0 amide bonds. The molecular formula is C45H78N4O10. The Morgan fingerprint density at radius 1 is 0.407 bits per heavy atom. The van der Waals surface area contributed by atoms with Crippen molar-refractivity contribution >= 4 is 23.9 Å². The van der Waals surface area contributed by atoms with E-state index in [1.165, 1.54) is 10.1 Å². The minimum atomic E-state index is -1.40. The molecule has 14 nitrogen and oxygen atoms in total. The molecule has 59 heavy (non-hydrogen) atoms. The molecule has 4 N–H and O–H groups in total. The molecule has 0 aromatic rings. The summed E-state index contributed by atoms with van der Waals surface area (Å²) < 4.78 is 25.2. The van der Waals surface area contributed by atoms with Gasteiger partial charge in [-0.05, 0) is 117 Å². The van der Waals surface area contributed by atoms with Crippen molar-refractivity contribution in [3.8, 4) is 0 Å². The van der Waals surface area contributed by atoms with Crippen LogP contribution in [-0.4, -0.2) is 113 Å². The summed E-state index contributed by atoms with van der Waals surface area (Å²) in [5.41, 5.74) is -4.38. The molecule has 5 fully saturated rings. The number of carbonyl (C=O) groups excluding carboxylic acids is 4. The standard InChI is InChI=1S/C45H78N4O10/c1-38(2)18-26(19-39(3,4)46-38)56-34(50)30-17-31(35(51)57-28-22-42(9,10)48(54)43(11,12)23-28)32(36(52)58-27-20-40(5,6)47-41(7,8)21-27)33(30)37(53)59-29-24-44(13,14)49(55)45(15,16)25-29/h26-33,46-47,54-55H,17-25H2,1-16H3. The maximum absolute atomic E-state index is 14.9. The Kier molecular flexibility index (Phi) is 12.7. The first-order valence-electron chi connectivity index (χ1n) is 21.9. The molecule has 0 spiro atoms. The average molecular weight is 835 g/mol. The molecule has 0 bridgehead atoms. The van der Waals surface area contributed by atoms with Gasteiger partial charge in [0.2, 0.25) is 0 Å². The summed E-state index contributed by atoms with van der Waals surface area (Å²) in [7, 11) is 0. The van der Waals surface area contributed by atoms with Crippen LogP contribution in [0.5, 0.6) is 0 Å². The Balaban J connectivity index is 1.54. The minimum Gasteiger partial charge on any atom is -0.462 e. The summed E-state index contributed by atoms with van der Waals surface area (Å²) in [6, 6.07) is 0. The van der Waals surface area contributed by atoms with Crippen molar-refractivity contribution in [1.82, 2.24) is 20.8 Å². The molecule has 4 aliphatic heterocycles. The molecule has 4 unspecified atom stereocenters. The normalized spacial score (nSPS) is 33.1. The van der Waals surface area contributed by atoms with E-state index < -0.39 is 94.1 Å². The van der Waals surface area contributed by atoms with Gasteiger partial charge in [0.15, 0.2) is 0 Å². The average Bonchev–Trinajstić information content (AvgIpc) is 3.40. The third kappa shape index (κ3) is 10.8. The number of rotatable bonds is 8. The van der Waals surface area contributed by atoms with Gasteiger partial charge < -0.3 is 40.0 Å². The van der Waals surface area contributed by atoms with Crippen LogP contribution in [0.1, 0.15) is 169 Å². The maximum Gasteiger partial charge on any atom is 0.310 e. The van der Waals surface area contributed by atoms with Crippen LogP contribution in [0.3, 0.4) is 0 Å². The van der Waals surface area contributed by atoms with Gasteiger partial charge in [-0.2, -0.15) is 10.1 Å². The highest BCUT2D eigenvalue weighted by Gasteiger charge is 2.60. The van der Waals surface area contributed by atoms with Crippen molar-refractivity contribution in [3.63, 3.8) is 0 Å². The highest BCUT2D eigenvalue weighted by atomic mass is 16.6. The van der Waals surface area contributed by atoms with Crippen LogP contribution in [-0.2, 0) is 38.1 Å². The number of hydrogen-bond acceptors (Lipinski definition) is 14. The van der Waals surface area contributed by atoms with E-state index in [-0.39, 0.29) is 28.6 Å². The van der Waals surface area contributed by atoms with Crippen LogP contribution >= 0.6 is 0 Å². The molecule has 0 aromatic carbocycles. The first-order valence-corrected chi connectivity index (χ1v) is 21.9. The Bertz CT molecular complexity index is 1550. The van der Waals surface area contributed by atoms with Gasteiger partial charge in [0.05, 0.1) is 23.7 Å². The predicted octanol–water partition coefficient (Wildman–Crippen LogP) is 6.47. The molecule has 338 valence electrons. The zero-order chi connectivity index (χ0) is 44.7. The number of ether oxygens (including phenoxy) is 4. The highest BCUT2D eigenvalue weighted by molar-refractivity contribution is 5.93. The molecular weight excluding hydrogens is 757 g/mol. The van der Waals surface area contributed by atoms with Crippen LogP contribution in [0.2, 0.25) is 0 Å². The number of nitrogens with one attached hydrogen (secondary N) is 2. The fourth-order valence-electron chi connectivity index (χ4n) is 12.3. The predicted molar refractivity (Wildman–Crippen MR) is 221 cm³/mol. The lowest BCUT2D eigenvalue weighted by Crippen LogP contribution is -2.61. The molecule has 5 aliphatic rings.